The minimum atomic E-state index is -1.72. The number of esters is 3. The maximum Gasteiger partial charge on any atom is 0.338 e. The van der Waals surface area contributed by atoms with Crippen LogP contribution in [0, 0.1) is 0 Å². The van der Waals surface area contributed by atoms with E-state index in [9.17, 15) is 24.6 Å². The van der Waals surface area contributed by atoms with Crippen molar-refractivity contribution in [3.05, 3.63) is 71.8 Å². The number of carbonyl (C=O) groups excluding carboxylic acids is 3. The molecule has 9 nitrogen and oxygen atoms in total. The highest BCUT2D eigenvalue weighted by Crippen LogP contribution is 2.29. The molecule has 0 unspecified atom stereocenters. The molecule has 2 aromatic rings. The minimum absolute atomic E-state index is 0.193. The van der Waals surface area contributed by atoms with Gasteiger partial charge in [0.05, 0.1) is 17.7 Å². The Hall–Kier alpha value is -3.27. The Balaban J connectivity index is 1.92. The summed E-state index contributed by atoms with van der Waals surface area (Å²) in [6, 6.07) is 16.0. The highest BCUT2D eigenvalue weighted by molar-refractivity contribution is 5.90. The van der Waals surface area contributed by atoms with Crippen molar-refractivity contribution < 1.29 is 43.5 Å². The van der Waals surface area contributed by atoms with Crippen molar-refractivity contribution in [1.29, 1.82) is 0 Å². The van der Waals surface area contributed by atoms with Crippen molar-refractivity contribution in [1.82, 2.24) is 0 Å². The second kappa shape index (κ2) is 10.2. The molecule has 0 aliphatic carbocycles. The van der Waals surface area contributed by atoms with E-state index in [1.165, 1.54) is 24.3 Å². The number of hydrogen-bond acceptors (Lipinski definition) is 9. The van der Waals surface area contributed by atoms with E-state index in [0.717, 1.165) is 6.92 Å². The number of hydrogen-bond donors (Lipinski definition) is 2. The van der Waals surface area contributed by atoms with Gasteiger partial charge in [-0.25, -0.2) is 9.59 Å². The Labute approximate surface area is 178 Å². The van der Waals surface area contributed by atoms with Crippen LogP contribution < -0.4 is 0 Å². The summed E-state index contributed by atoms with van der Waals surface area (Å²) in [6.45, 7) is 0.446. The Morgan fingerprint density at radius 2 is 1.29 bits per heavy atom. The van der Waals surface area contributed by atoms with Crippen molar-refractivity contribution in [3.63, 3.8) is 0 Å². The molecular formula is C22H22O9. The second-order valence-electron chi connectivity index (χ2n) is 6.79. The normalized spacial score (nSPS) is 25.3. The van der Waals surface area contributed by atoms with E-state index >= 15 is 0 Å². The fourth-order valence-corrected chi connectivity index (χ4v) is 3.17. The Bertz CT molecular complexity index is 900. The topological polar surface area (TPSA) is 129 Å². The average molecular weight is 430 g/mol. The number of carbonyl (C=O) groups is 3. The van der Waals surface area contributed by atoms with E-state index < -0.39 is 55.2 Å². The summed E-state index contributed by atoms with van der Waals surface area (Å²) in [7, 11) is 0. The fourth-order valence-electron chi connectivity index (χ4n) is 3.17. The molecule has 1 fully saturated rings. The van der Waals surface area contributed by atoms with Gasteiger partial charge in [-0.3, -0.25) is 4.79 Å². The Morgan fingerprint density at radius 1 is 0.806 bits per heavy atom. The van der Waals surface area contributed by atoms with Crippen LogP contribution in [0.15, 0.2) is 60.7 Å². The van der Waals surface area contributed by atoms with E-state index in [2.05, 4.69) is 0 Å². The lowest BCUT2D eigenvalue weighted by molar-refractivity contribution is -0.289. The van der Waals surface area contributed by atoms with E-state index in [-0.39, 0.29) is 11.1 Å². The molecule has 1 aliphatic heterocycles. The third kappa shape index (κ3) is 5.46. The molecule has 2 aromatic carbocycles. The largest absolute Gasteiger partial charge is 0.453 e. The van der Waals surface area contributed by atoms with Crippen LogP contribution in [-0.2, 0) is 23.7 Å². The summed E-state index contributed by atoms with van der Waals surface area (Å²) < 4.78 is 21.4. The van der Waals surface area contributed by atoms with Gasteiger partial charge in [-0.2, -0.15) is 0 Å². The molecule has 9 heteroatoms. The first-order valence-corrected chi connectivity index (χ1v) is 9.54. The molecular weight excluding hydrogens is 408 g/mol. The molecule has 5 atom stereocenters. The molecule has 0 spiro atoms. The number of rotatable bonds is 6. The molecule has 1 heterocycles. The lowest BCUT2D eigenvalue weighted by atomic mass is 9.98. The lowest BCUT2D eigenvalue weighted by Gasteiger charge is -2.42. The quantitative estimate of drug-likeness (QED) is 0.511. The number of benzene rings is 2. The van der Waals surface area contributed by atoms with Gasteiger partial charge in [0.2, 0.25) is 0 Å². The van der Waals surface area contributed by atoms with Crippen molar-refractivity contribution >= 4 is 17.9 Å². The third-order valence-corrected chi connectivity index (χ3v) is 4.60. The molecule has 1 saturated heterocycles. The smallest absolute Gasteiger partial charge is 0.338 e. The molecule has 31 heavy (non-hydrogen) atoms. The van der Waals surface area contributed by atoms with Crippen molar-refractivity contribution in [2.75, 3.05) is 6.61 Å². The SMILES string of the molecule is CC(=O)O[C@@H]1[C@@H](OC(=O)c2ccccc2)[C@@H](OC(=O)c2ccccc2)[C@@H](CO)O[C@H]1O. The first-order valence-electron chi connectivity index (χ1n) is 9.54. The maximum atomic E-state index is 12.7. The first-order chi connectivity index (χ1) is 14.9. The third-order valence-electron chi connectivity index (χ3n) is 4.60. The van der Waals surface area contributed by atoms with Gasteiger partial charge in [0.1, 0.15) is 6.10 Å². The average Bonchev–Trinajstić information content (AvgIpc) is 2.78. The van der Waals surface area contributed by atoms with Crippen molar-refractivity contribution in [3.8, 4) is 0 Å². The summed E-state index contributed by atoms with van der Waals surface area (Å²) in [5.74, 6) is -2.34. The van der Waals surface area contributed by atoms with Gasteiger partial charge >= 0.3 is 17.9 Å². The predicted octanol–water partition coefficient (Wildman–Crippen LogP) is 1.08. The van der Waals surface area contributed by atoms with E-state index in [1.807, 2.05) is 0 Å². The standard InChI is InChI=1S/C22H22O9/c1-13(24)28-19-18(31-21(26)15-10-6-3-7-11-15)17(16(12-23)29-22(19)27)30-20(25)14-8-4-2-5-9-14/h2-11,16-19,22-23,27H,12H2,1H3/t16-,17+,18+,19-,22-/m1/s1. The zero-order valence-corrected chi connectivity index (χ0v) is 16.6. The van der Waals surface area contributed by atoms with E-state index in [4.69, 9.17) is 18.9 Å². The molecule has 3 rings (SSSR count). The lowest BCUT2D eigenvalue weighted by Crippen LogP contribution is -2.62. The Kier molecular flexibility index (Phi) is 7.35. The van der Waals surface area contributed by atoms with Crippen LogP contribution in [0.4, 0.5) is 0 Å². The molecule has 0 aromatic heterocycles. The monoisotopic (exact) mass is 430 g/mol. The van der Waals surface area contributed by atoms with Gasteiger partial charge in [0.25, 0.3) is 0 Å². The van der Waals surface area contributed by atoms with Gasteiger partial charge in [-0.15, -0.1) is 0 Å². The number of ether oxygens (including phenoxy) is 4. The van der Waals surface area contributed by atoms with Crippen LogP contribution in [0.25, 0.3) is 0 Å². The molecule has 1 aliphatic rings. The predicted molar refractivity (Wildman–Crippen MR) is 105 cm³/mol. The highest BCUT2D eigenvalue weighted by atomic mass is 16.7. The van der Waals surface area contributed by atoms with Crippen LogP contribution in [0.2, 0.25) is 0 Å². The van der Waals surface area contributed by atoms with Crippen molar-refractivity contribution in [2.24, 2.45) is 0 Å². The molecule has 0 amide bonds. The molecule has 0 radical (unpaired) electrons. The van der Waals surface area contributed by atoms with Crippen LogP contribution in [0.3, 0.4) is 0 Å². The van der Waals surface area contributed by atoms with Gasteiger partial charge < -0.3 is 29.2 Å². The highest BCUT2D eigenvalue weighted by Gasteiger charge is 2.51. The summed E-state index contributed by atoms with van der Waals surface area (Å²) >= 11 is 0. The second-order valence-corrected chi connectivity index (χ2v) is 6.79. The van der Waals surface area contributed by atoms with E-state index in [0.29, 0.717) is 0 Å². The van der Waals surface area contributed by atoms with Gasteiger partial charge in [-0.05, 0) is 24.3 Å². The summed E-state index contributed by atoms with van der Waals surface area (Å²) in [5.41, 5.74) is 0.404. The number of aliphatic hydroxyl groups excluding tert-OH is 2. The van der Waals surface area contributed by atoms with Crippen LogP contribution in [-0.4, -0.2) is 65.4 Å². The maximum absolute atomic E-state index is 12.7. The fraction of sp³-hybridized carbons (Fsp3) is 0.318. The molecule has 164 valence electrons. The van der Waals surface area contributed by atoms with Crippen LogP contribution >= 0.6 is 0 Å². The summed E-state index contributed by atoms with van der Waals surface area (Å²) in [4.78, 5) is 36.8. The zero-order valence-electron chi connectivity index (χ0n) is 16.6. The Morgan fingerprint density at radius 3 is 1.74 bits per heavy atom. The molecule has 2 N–H and O–H groups in total. The molecule has 0 saturated carbocycles. The zero-order chi connectivity index (χ0) is 22.4. The van der Waals surface area contributed by atoms with Crippen LogP contribution in [0.5, 0.6) is 0 Å². The van der Waals surface area contributed by atoms with Crippen LogP contribution in [0.1, 0.15) is 27.6 Å². The number of aliphatic hydroxyl groups is 2. The van der Waals surface area contributed by atoms with E-state index in [1.54, 1.807) is 36.4 Å². The summed E-state index contributed by atoms with van der Waals surface area (Å²) in [5, 5.41) is 20.0. The minimum Gasteiger partial charge on any atom is -0.453 e. The van der Waals surface area contributed by atoms with Gasteiger partial charge in [0.15, 0.2) is 24.6 Å². The first kappa shape index (κ1) is 22.4. The summed E-state index contributed by atoms with van der Waals surface area (Å²) in [6.07, 6.45) is -7.24. The van der Waals surface area contributed by atoms with Gasteiger partial charge in [0, 0.05) is 6.92 Å². The van der Waals surface area contributed by atoms with Crippen molar-refractivity contribution in [2.45, 2.75) is 37.6 Å². The molecule has 0 bridgehead atoms. The van der Waals surface area contributed by atoms with Gasteiger partial charge in [-0.1, -0.05) is 36.4 Å².